The Morgan fingerprint density at radius 1 is 1.04 bits per heavy atom. The Kier molecular flexibility index (Phi) is 5.74. The van der Waals surface area contributed by atoms with Gasteiger partial charge in [-0.15, -0.1) is 0 Å². The normalized spacial score (nSPS) is 15.0. The van der Waals surface area contributed by atoms with E-state index < -0.39 is 0 Å². The molecule has 2 heterocycles. The molecule has 1 fully saturated rings. The lowest BCUT2D eigenvalue weighted by atomic mass is 10.1. The van der Waals surface area contributed by atoms with Crippen LogP contribution in [0.15, 0.2) is 46.9 Å². The van der Waals surface area contributed by atoms with Gasteiger partial charge < -0.3 is 14.2 Å². The highest BCUT2D eigenvalue weighted by Gasteiger charge is 2.24. The van der Waals surface area contributed by atoms with Gasteiger partial charge in [-0.25, -0.2) is 4.39 Å². The Morgan fingerprint density at radius 3 is 2.37 bits per heavy atom. The van der Waals surface area contributed by atoms with Crippen molar-refractivity contribution in [2.45, 2.75) is 13.8 Å². The SMILES string of the molecule is CC(C)C(=O)N1CCN(C(=O)/C=C/c2ccc(-c3ccccc3F)o2)CC1. The average Bonchev–Trinajstić information content (AvgIpc) is 3.14. The lowest BCUT2D eigenvalue weighted by Crippen LogP contribution is -2.51. The summed E-state index contributed by atoms with van der Waals surface area (Å²) >= 11 is 0. The molecule has 1 aromatic carbocycles. The Hall–Kier alpha value is -2.89. The van der Waals surface area contributed by atoms with Gasteiger partial charge in [0.1, 0.15) is 17.3 Å². The second-order valence-corrected chi connectivity index (χ2v) is 6.82. The Morgan fingerprint density at radius 2 is 1.70 bits per heavy atom. The van der Waals surface area contributed by atoms with Gasteiger partial charge >= 0.3 is 0 Å². The van der Waals surface area contributed by atoms with Crippen LogP contribution in [0.4, 0.5) is 4.39 Å². The van der Waals surface area contributed by atoms with E-state index in [-0.39, 0.29) is 23.5 Å². The van der Waals surface area contributed by atoms with Gasteiger partial charge in [-0.05, 0) is 30.3 Å². The number of carbonyl (C=O) groups excluding carboxylic acids is 2. The van der Waals surface area contributed by atoms with Gasteiger partial charge in [0.15, 0.2) is 0 Å². The highest BCUT2D eigenvalue weighted by atomic mass is 19.1. The van der Waals surface area contributed by atoms with E-state index in [0.29, 0.717) is 43.3 Å². The highest BCUT2D eigenvalue weighted by Crippen LogP contribution is 2.25. The molecule has 2 amide bonds. The number of piperazine rings is 1. The van der Waals surface area contributed by atoms with Crippen molar-refractivity contribution in [2.24, 2.45) is 5.92 Å². The van der Waals surface area contributed by atoms with Gasteiger partial charge in [0, 0.05) is 38.2 Å². The fourth-order valence-corrected chi connectivity index (χ4v) is 3.02. The van der Waals surface area contributed by atoms with Crippen LogP contribution >= 0.6 is 0 Å². The van der Waals surface area contributed by atoms with Crippen molar-refractivity contribution >= 4 is 17.9 Å². The van der Waals surface area contributed by atoms with E-state index in [4.69, 9.17) is 4.42 Å². The molecule has 0 bridgehead atoms. The quantitative estimate of drug-likeness (QED) is 0.775. The molecule has 0 spiro atoms. The molecule has 5 nitrogen and oxygen atoms in total. The van der Waals surface area contributed by atoms with Crippen molar-refractivity contribution < 1.29 is 18.4 Å². The largest absolute Gasteiger partial charge is 0.457 e. The molecule has 6 heteroatoms. The summed E-state index contributed by atoms with van der Waals surface area (Å²) in [5, 5.41) is 0. The van der Waals surface area contributed by atoms with Gasteiger partial charge in [0.2, 0.25) is 11.8 Å². The molecule has 1 aliphatic rings. The van der Waals surface area contributed by atoms with Crippen molar-refractivity contribution in [3.8, 4) is 11.3 Å². The molecule has 0 unspecified atom stereocenters. The maximum Gasteiger partial charge on any atom is 0.246 e. The first-order valence-corrected chi connectivity index (χ1v) is 9.06. The van der Waals surface area contributed by atoms with Crippen LogP contribution in [0, 0.1) is 11.7 Å². The summed E-state index contributed by atoms with van der Waals surface area (Å²) in [7, 11) is 0. The van der Waals surface area contributed by atoms with Gasteiger partial charge in [-0.2, -0.15) is 0 Å². The lowest BCUT2D eigenvalue weighted by Gasteiger charge is -2.35. The standard InChI is InChI=1S/C21H23FN2O3/c1-15(2)21(26)24-13-11-23(12-14-24)20(25)10-8-16-7-9-19(27-16)17-5-3-4-6-18(17)22/h3-10,15H,11-14H2,1-2H3/b10-8+. The number of rotatable bonds is 4. The highest BCUT2D eigenvalue weighted by molar-refractivity contribution is 5.91. The number of hydrogen-bond acceptors (Lipinski definition) is 3. The van der Waals surface area contributed by atoms with Crippen LogP contribution < -0.4 is 0 Å². The third-order valence-electron chi connectivity index (χ3n) is 4.55. The molecule has 2 aromatic rings. The van der Waals surface area contributed by atoms with E-state index in [1.54, 1.807) is 46.2 Å². The smallest absolute Gasteiger partial charge is 0.246 e. The Bertz CT molecular complexity index is 849. The number of amides is 2. The molecule has 0 aliphatic carbocycles. The number of halogens is 1. The molecule has 1 aliphatic heterocycles. The molecule has 0 saturated carbocycles. The first-order chi connectivity index (χ1) is 13.0. The zero-order valence-corrected chi connectivity index (χ0v) is 15.5. The second kappa shape index (κ2) is 8.20. The van der Waals surface area contributed by atoms with Gasteiger partial charge in [0.25, 0.3) is 0 Å². The topological polar surface area (TPSA) is 53.8 Å². The van der Waals surface area contributed by atoms with Gasteiger partial charge in [0.05, 0.1) is 5.56 Å². The zero-order chi connectivity index (χ0) is 19.4. The van der Waals surface area contributed by atoms with Gasteiger partial charge in [-0.1, -0.05) is 26.0 Å². The van der Waals surface area contributed by atoms with Crippen LogP contribution in [-0.2, 0) is 9.59 Å². The third kappa shape index (κ3) is 4.45. The number of nitrogens with zero attached hydrogens (tertiary/aromatic N) is 2. The fraction of sp³-hybridized carbons (Fsp3) is 0.333. The minimum absolute atomic E-state index is 0.0326. The zero-order valence-electron chi connectivity index (χ0n) is 15.5. The van der Waals surface area contributed by atoms with Crippen molar-refractivity contribution in [3.63, 3.8) is 0 Å². The molecule has 0 radical (unpaired) electrons. The number of hydrogen-bond donors (Lipinski definition) is 0. The maximum absolute atomic E-state index is 13.8. The number of furan rings is 1. The molecule has 3 rings (SSSR count). The van der Waals surface area contributed by atoms with Crippen LogP contribution in [0.2, 0.25) is 0 Å². The van der Waals surface area contributed by atoms with Crippen LogP contribution in [-0.4, -0.2) is 47.8 Å². The summed E-state index contributed by atoms with van der Waals surface area (Å²) in [6.07, 6.45) is 3.03. The van der Waals surface area contributed by atoms with Gasteiger partial charge in [-0.3, -0.25) is 9.59 Å². The Balaban J connectivity index is 1.58. The molecule has 0 N–H and O–H groups in total. The summed E-state index contributed by atoms with van der Waals surface area (Å²) < 4.78 is 19.4. The summed E-state index contributed by atoms with van der Waals surface area (Å²) in [5.74, 6) is 0.502. The predicted octanol–water partition coefficient (Wildman–Crippen LogP) is 3.43. The lowest BCUT2D eigenvalue weighted by molar-refractivity contribution is -0.139. The van der Waals surface area contributed by atoms with E-state index in [9.17, 15) is 14.0 Å². The maximum atomic E-state index is 13.8. The van der Waals surface area contributed by atoms with E-state index in [1.165, 1.54) is 12.1 Å². The first kappa shape index (κ1) is 18.9. The number of carbonyl (C=O) groups is 2. The van der Waals surface area contributed by atoms with E-state index >= 15 is 0 Å². The Labute approximate surface area is 158 Å². The fourth-order valence-electron chi connectivity index (χ4n) is 3.02. The van der Waals surface area contributed by atoms with E-state index in [1.807, 2.05) is 13.8 Å². The van der Waals surface area contributed by atoms with Crippen LogP contribution in [0.3, 0.4) is 0 Å². The molecule has 1 aromatic heterocycles. The molecule has 27 heavy (non-hydrogen) atoms. The van der Waals surface area contributed by atoms with Crippen LogP contribution in [0.25, 0.3) is 17.4 Å². The summed E-state index contributed by atoms with van der Waals surface area (Å²) in [4.78, 5) is 27.9. The monoisotopic (exact) mass is 370 g/mol. The van der Waals surface area contributed by atoms with Crippen molar-refractivity contribution in [2.75, 3.05) is 26.2 Å². The third-order valence-corrected chi connectivity index (χ3v) is 4.55. The summed E-state index contributed by atoms with van der Waals surface area (Å²) in [5.41, 5.74) is 0.384. The average molecular weight is 370 g/mol. The van der Waals surface area contributed by atoms with Crippen molar-refractivity contribution in [3.05, 3.63) is 54.1 Å². The second-order valence-electron chi connectivity index (χ2n) is 6.82. The van der Waals surface area contributed by atoms with Crippen LogP contribution in [0.5, 0.6) is 0 Å². The molecule has 142 valence electrons. The van der Waals surface area contributed by atoms with E-state index in [2.05, 4.69) is 0 Å². The molecular formula is C21H23FN2O3. The molecule has 0 atom stereocenters. The summed E-state index contributed by atoms with van der Waals surface area (Å²) in [6.45, 7) is 5.88. The van der Waals surface area contributed by atoms with Crippen molar-refractivity contribution in [1.29, 1.82) is 0 Å². The summed E-state index contributed by atoms with van der Waals surface area (Å²) in [6, 6.07) is 9.76. The van der Waals surface area contributed by atoms with Crippen molar-refractivity contribution in [1.82, 2.24) is 9.80 Å². The van der Waals surface area contributed by atoms with Crippen LogP contribution in [0.1, 0.15) is 19.6 Å². The molecule has 1 saturated heterocycles. The van der Waals surface area contributed by atoms with E-state index in [0.717, 1.165) is 0 Å². The molecular weight excluding hydrogens is 347 g/mol. The minimum Gasteiger partial charge on any atom is -0.457 e. The minimum atomic E-state index is -0.354. The predicted molar refractivity (Wildman–Crippen MR) is 101 cm³/mol. The number of benzene rings is 1. The first-order valence-electron chi connectivity index (χ1n) is 9.06.